The minimum absolute atomic E-state index is 0.0122. The van der Waals surface area contributed by atoms with Crippen molar-refractivity contribution in [2.75, 3.05) is 13.1 Å². The summed E-state index contributed by atoms with van der Waals surface area (Å²) < 4.78 is 7.59. The number of hydrogen-bond donors (Lipinski definition) is 0. The first kappa shape index (κ1) is 18.4. The number of likely N-dealkylation sites (tertiary alicyclic amines) is 1. The van der Waals surface area contributed by atoms with Gasteiger partial charge < -0.3 is 9.64 Å². The summed E-state index contributed by atoms with van der Waals surface area (Å²) in [7, 11) is 1.80. The molecule has 7 nitrogen and oxygen atoms in total. The molecule has 3 aromatic rings. The predicted octanol–water partition coefficient (Wildman–Crippen LogP) is 3.68. The van der Waals surface area contributed by atoms with E-state index >= 15 is 0 Å². The highest BCUT2D eigenvalue weighted by atomic mass is 35.5. The van der Waals surface area contributed by atoms with Crippen LogP contribution in [0, 0.1) is 0 Å². The highest BCUT2D eigenvalue weighted by Crippen LogP contribution is 2.33. The van der Waals surface area contributed by atoms with Crippen molar-refractivity contribution in [3.8, 4) is 11.6 Å². The van der Waals surface area contributed by atoms with Crippen molar-refractivity contribution in [1.82, 2.24) is 24.6 Å². The lowest BCUT2D eigenvalue weighted by Gasteiger charge is -2.32. The summed E-state index contributed by atoms with van der Waals surface area (Å²) in [6, 6.07) is 7.11. The van der Waals surface area contributed by atoms with E-state index < -0.39 is 0 Å². The Balaban J connectivity index is 1.53. The Labute approximate surface area is 167 Å². The number of carbonyl (C=O) groups is 1. The van der Waals surface area contributed by atoms with Crippen LogP contribution in [0.2, 0.25) is 5.02 Å². The van der Waals surface area contributed by atoms with Crippen LogP contribution >= 0.6 is 11.6 Å². The molecule has 1 aliphatic heterocycles. The van der Waals surface area contributed by atoms with E-state index in [1.807, 2.05) is 4.90 Å². The van der Waals surface area contributed by atoms with E-state index in [4.69, 9.17) is 16.3 Å². The number of benzene rings is 1. The molecule has 3 heterocycles. The number of carbonyl (C=O) groups excluding carboxylic acids is 1. The molecule has 0 radical (unpaired) electrons. The van der Waals surface area contributed by atoms with Crippen LogP contribution in [0.25, 0.3) is 0 Å². The van der Waals surface area contributed by atoms with E-state index in [-0.39, 0.29) is 11.8 Å². The van der Waals surface area contributed by atoms with Gasteiger partial charge in [0.05, 0.1) is 11.8 Å². The van der Waals surface area contributed by atoms with Crippen molar-refractivity contribution < 1.29 is 9.53 Å². The number of rotatable bonds is 4. The Morgan fingerprint density at radius 3 is 2.75 bits per heavy atom. The van der Waals surface area contributed by atoms with Gasteiger partial charge in [0, 0.05) is 49.7 Å². The molecule has 4 rings (SSSR count). The normalized spacial score (nSPS) is 16.8. The molecule has 0 unspecified atom stereocenters. The van der Waals surface area contributed by atoms with E-state index in [1.165, 1.54) is 0 Å². The van der Waals surface area contributed by atoms with Gasteiger partial charge in [-0.25, -0.2) is 4.98 Å². The van der Waals surface area contributed by atoms with Crippen molar-refractivity contribution >= 4 is 17.5 Å². The van der Waals surface area contributed by atoms with Crippen molar-refractivity contribution in [2.45, 2.75) is 18.8 Å². The number of halogens is 1. The number of aryl methyl sites for hydroxylation is 1. The Morgan fingerprint density at radius 1 is 1.21 bits per heavy atom. The molecule has 8 heteroatoms. The van der Waals surface area contributed by atoms with Crippen LogP contribution in [0.3, 0.4) is 0 Å². The lowest BCUT2D eigenvalue weighted by molar-refractivity contribution is 0.0704. The quantitative estimate of drug-likeness (QED) is 0.671. The smallest absolute Gasteiger partial charge is 0.257 e. The fourth-order valence-electron chi connectivity index (χ4n) is 3.41. The molecule has 2 aromatic heterocycles. The fourth-order valence-corrected chi connectivity index (χ4v) is 3.53. The zero-order valence-electron chi connectivity index (χ0n) is 15.5. The van der Waals surface area contributed by atoms with Crippen LogP contribution in [0.4, 0.5) is 0 Å². The van der Waals surface area contributed by atoms with E-state index in [9.17, 15) is 4.79 Å². The standard InChI is InChI=1S/C20H20ClN5O2/c1-25-12-15(11-24-25)20(27)26-10-2-3-14(13-26)18-19(23-9-8-22-18)28-17-6-4-16(21)5-7-17/h4-9,11-12,14H,2-3,10,13H2,1H3/t14-/m1/s1. The minimum atomic E-state index is -0.0122. The van der Waals surface area contributed by atoms with Gasteiger partial charge in [0.1, 0.15) is 11.4 Å². The van der Waals surface area contributed by atoms with Gasteiger partial charge >= 0.3 is 0 Å². The number of hydrogen-bond acceptors (Lipinski definition) is 5. The molecule has 144 valence electrons. The van der Waals surface area contributed by atoms with E-state index in [2.05, 4.69) is 15.1 Å². The molecule has 0 N–H and O–H groups in total. The van der Waals surface area contributed by atoms with Crippen LogP contribution in [0.1, 0.15) is 34.8 Å². The molecular weight excluding hydrogens is 378 g/mol. The maximum Gasteiger partial charge on any atom is 0.257 e. The number of nitrogens with zero attached hydrogens (tertiary/aromatic N) is 5. The van der Waals surface area contributed by atoms with E-state index in [0.29, 0.717) is 28.8 Å². The zero-order valence-corrected chi connectivity index (χ0v) is 16.2. The third-order valence-electron chi connectivity index (χ3n) is 4.77. The molecule has 1 aromatic carbocycles. The highest BCUT2D eigenvalue weighted by Gasteiger charge is 2.29. The highest BCUT2D eigenvalue weighted by molar-refractivity contribution is 6.30. The maximum atomic E-state index is 12.8. The Hall–Kier alpha value is -2.93. The van der Waals surface area contributed by atoms with Crippen LogP contribution in [-0.2, 0) is 7.05 Å². The average Bonchev–Trinajstić information content (AvgIpc) is 3.16. The van der Waals surface area contributed by atoms with Crippen LogP contribution < -0.4 is 4.74 Å². The zero-order chi connectivity index (χ0) is 19.5. The van der Waals surface area contributed by atoms with Crippen molar-refractivity contribution in [3.05, 3.63) is 65.3 Å². The van der Waals surface area contributed by atoms with Gasteiger partial charge in [0.2, 0.25) is 5.88 Å². The number of ether oxygens (including phenoxy) is 1. The summed E-state index contributed by atoms with van der Waals surface area (Å²) in [6.45, 7) is 1.29. The van der Waals surface area contributed by atoms with Crippen LogP contribution in [-0.4, -0.2) is 43.6 Å². The Bertz CT molecular complexity index is 973. The molecule has 0 spiro atoms. The van der Waals surface area contributed by atoms with E-state index in [1.54, 1.807) is 60.8 Å². The molecule has 1 aliphatic rings. The Morgan fingerprint density at radius 2 is 2.00 bits per heavy atom. The molecule has 0 bridgehead atoms. The van der Waals surface area contributed by atoms with Gasteiger partial charge in [-0.05, 0) is 37.1 Å². The molecule has 0 aliphatic carbocycles. The van der Waals surface area contributed by atoms with E-state index in [0.717, 1.165) is 25.1 Å². The van der Waals surface area contributed by atoms with Crippen LogP contribution in [0.15, 0.2) is 49.1 Å². The van der Waals surface area contributed by atoms with Crippen molar-refractivity contribution in [1.29, 1.82) is 0 Å². The molecule has 1 fully saturated rings. The largest absolute Gasteiger partial charge is 0.437 e. The lowest BCUT2D eigenvalue weighted by atomic mass is 9.94. The van der Waals surface area contributed by atoms with Gasteiger partial charge in [0.25, 0.3) is 5.91 Å². The second kappa shape index (κ2) is 7.98. The SMILES string of the molecule is Cn1cc(C(=O)N2CCC[C@@H](c3nccnc3Oc3ccc(Cl)cc3)C2)cn1. The maximum absolute atomic E-state index is 12.8. The lowest BCUT2D eigenvalue weighted by Crippen LogP contribution is -2.39. The summed E-state index contributed by atoms with van der Waals surface area (Å²) in [5.41, 5.74) is 1.36. The summed E-state index contributed by atoms with van der Waals surface area (Å²) in [6.07, 6.45) is 8.43. The first-order chi connectivity index (χ1) is 13.6. The van der Waals surface area contributed by atoms with Crippen molar-refractivity contribution in [3.63, 3.8) is 0 Å². The number of amides is 1. The first-order valence-electron chi connectivity index (χ1n) is 9.12. The summed E-state index contributed by atoms with van der Waals surface area (Å²) >= 11 is 5.94. The fraction of sp³-hybridized carbons (Fsp3) is 0.300. The number of aromatic nitrogens is 4. The summed E-state index contributed by atoms with van der Waals surface area (Å²) in [4.78, 5) is 23.5. The minimum Gasteiger partial charge on any atom is -0.437 e. The predicted molar refractivity (Wildman–Crippen MR) is 105 cm³/mol. The Kier molecular flexibility index (Phi) is 5.25. The van der Waals surface area contributed by atoms with Crippen LogP contribution in [0.5, 0.6) is 11.6 Å². The third-order valence-corrected chi connectivity index (χ3v) is 5.02. The topological polar surface area (TPSA) is 73.1 Å². The molecule has 0 saturated carbocycles. The van der Waals surface area contributed by atoms with Gasteiger partial charge in [-0.15, -0.1) is 0 Å². The van der Waals surface area contributed by atoms with Gasteiger partial charge in [-0.1, -0.05) is 11.6 Å². The average molecular weight is 398 g/mol. The monoisotopic (exact) mass is 397 g/mol. The second-order valence-corrected chi connectivity index (χ2v) is 7.23. The first-order valence-corrected chi connectivity index (χ1v) is 9.50. The second-order valence-electron chi connectivity index (χ2n) is 6.80. The molecule has 28 heavy (non-hydrogen) atoms. The van der Waals surface area contributed by atoms with Gasteiger partial charge in [-0.3, -0.25) is 14.5 Å². The molecule has 1 atom stereocenters. The van der Waals surface area contributed by atoms with Crippen molar-refractivity contribution in [2.24, 2.45) is 7.05 Å². The molecule has 1 amide bonds. The molecule has 1 saturated heterocycles. The summed E-state index contributed by atoms with van der Waals surface area (Å²) in [5, 5.41) is 4.74. The number of piperidine rings is 1. The van der Waals surface area contributed by atoms with Gasteiger partial charge in [-0.2, -0.15) is 5.10 Å². The third kappa shape index (κ3) is 3.99. The van der Waals surface area contributed by atoms with Gasteiger partial charge in [0.15, 0.2) is 0 Å². The molecular formula is C20H20ClN5O2. The summed E-state index contributed by atoms with van der Waals surface area (Å²) in [5.74, 6) is 1.16.